The first-order valence-corrected chi connectivity index (χ1v) is 5.93. The molecular weight excluding hydrogens is 279 g/mol. The van der Waals surface area contributed by atoms with Crippen molar-refractivity contribution in [1.82, 2.24) is 0 Å². The molecule has 0 aliphatic rings. The first kappa shape index (κ1) is 12.5. The number of rotatable bonds is 5. The zero-order valence-electron chi connectivity index (χ0n) is 8.43. The summed E-state index contributed by atoms with van der Waals surface area (Å²) in [6.07, 6.45) is 2.77. The van der Waals surface area contributed by atoms with Gasteiger partial charge in [0.2, 0.25) is 0 Å². The van der Waals surface area contributed by atoms with E-state index in [4.69, 9.17) is 16.3 Å². The molecule has 0 atom stereocenters. The Morgan fingerprint density at radius 3 is 2.87 bits per heavy atom. The van der Waals surface area contributed by atoms with E-state index in [9.17, 15) is 4.79 Å². The summed E-state index contributed by atoms with van der Waals surface area (Å²) < 4.78 is 6.23. The predicted molar refractivity (Wildman–Crippen MR) is 64.9 cm³/mol. The highest BCUT2D eigenvalue weighted by Gasteiger charge is 2.09. The zero-order valence-corrected chi connectivity index (χ0v) is 10.8. The van der Waals surface area contributed by atoms with Gasteiger partial charge >= 0.3 is 0 Å². The van der Waals surface area contributed by atoms with Crippen LogP contribution in [0.5, 0.6) is 5.75 Å². The lowest BCUT2D eigenvalue weighted by atomic mass is 10.2. The van der Waals surface area contributed by atoms with Crippen molar-refractivity contribution in [3.8, 4) is 5.75 Å². The molecule has 0 aromatic heterocycles. The van der Waals surface area contributed by atoms with E-state index < -0.39 is 0 Å². The Labute approximate surface area is 103 Å². The highest BCUT2D eigenvalue weighted by atomic mass is 79.9. The molecule has 0 saturated heterocycles. The summed E-state index contributed by atoms with van der Waals surface area (Å²) in [6.45, 7) is 2.69. The number of aldehydes is 1. The van der Waals surface area contributed by atoms with Crippen LogP contribution in [0.2, 0.25) is 5.02 Å². The van der Waals surface area contributed by atoms with Gasteiger partial charge in [-0.15, -0.1) is 0 Å². The molecule has 0 radical (unpaired) electrons. The number of ether oxygens (including phenoxy) is 1. The van der Waals surface area contributed by atoms with Gasteiger partial charge in [-0.1, -0.05) is 24.9 Å². The second kappa shape index (κ2) is 6.13. The smallest absolute Gasteiger partial charge is 0.153 e. The Balaban J connectivity index is 2.89. The molecule has 4 heteroatoms. The molecule has 0 saturated carbocycles. The fourth-order valence-electron chi connectivity index (χ4n) is 1.14. The van der Waals surface area contributed by atoms with E-state index in [2.05, 4.69) is 22.9 Å². The number of carbonyl (C=O) groups excluding carboxylic acids is 1. The SMILES string of the molecule is CCCCOc1c(Br)cc(Cl)cc1C=O. The minimum atomic E-state index is 0.477. The number of hydrogen-bond acceptors (Lipinski definition) is 2. The maximum absolute atomic E-state index is 10.8. The maximum atomic E-state index is 10.8. The summed E-state index contributed by atoms with van der Waals surface area (Å²) in [4.78, 5) is 10.8. The van der Waals surface area contributed by atoms with E-state index in [0.717, 1.165) is 19.1 Å². The van der Waals surface area contributed by atoms with Crippen LogP contribution in [-0.2, 0) is 0 Å². The van der Waals surface area contributed by atoms with Gasteiger partial charge in [0.05, 0.1) is 16.6 Å². The summed E-state index contributed by atoms with van der Waals surface area (Å²) in [6, 6.07) is 3.32. The van der Waals surface area contributed by atoms with Gasteiger partial charge in [0.1, 0.15) is 5.75 Å². The third-order valence-electron chi connectivity index (χ3n) is 1.91. The largest absolute Gasteiger partial charge is 0.492 e. The van der Waals surface area contributed by atoms with Crippen molar-refractivity contribution in [2.75, 3.05) is 6.61 Å². The van der Waals surface area contributed by atoms with Crippen molar-refractivity contribution in [2.45, 2.75) is 19.8 Å². The second-order valence-electron chi connectivity index (χ2n) is 3.13. The topological polar surface area (TPSA) is 26.3 Å². The summed E-state index contributed by atoms with van der Waals surface area (Å²) in [5.41, 5.74) is 0.477. The molecular formula is C11H12BrClO2. The standard InChI is InChI=1S/C11H12BrClO2/c1-2-3-4-15-11-8(7-14)5-9(13)6-10(11)12/h5-7H,2-4H2,1H3. The van der Waals surface area contributed by atoms with Crippen LogP contribution in [0.25, 0.3) is 0 Å². The molecule has 0 bridgehead atoms. The van der Waals surface area contributed by atoms with Gasteiger partial charge in [0.25, 0.3) is 0 Å². The fourth-order valence-corrected chi connectivity index (χ4v) is 2.09. The van der Waals surface area contributed by atoms with Crippen molar-refractivity contribution >= 4 is 33.8 Å². The fraction of sp³-hybridized carbons (Fsp3) is 0.364. The quantitative estimate of drug-likeness (QED) is 0.603. The number of carbonyl (C=O) groups is 1. The molecule has 1 aromatic carbocycles. The highest BCUT2D eigenvalue weighted by Crippen LogP contribution is 2.31. The van der Waals surface area contributed by atoms with Gasteiger partial charge in [-0.2, -0.15) is 0 Å². The molecule has 82 valence electrons. The zero-order chi connectivity index (χ0) is 11.3. The molecule has 0 spiro atoms. The molecule has 2 nitrogen and oxygen atoms in total. The van der Waals surface area contributed by atoms with Gasteiger partial charge in [0.15, 0.2) is 6.29 Å². The van der Waals surface area contributed by atoms with E-state index in [1.807, 2.05) is 0 Å². The molecule has 0 aliphatic heterocycles. The lowest BCUT2D eigenvalue weighted by molar-refractivity contribution is 0.111. The predicted octanol–water partition coefficient (Wildman–Crippen LogP) is 4.09. The van der Waals surface area contributed by atoms with Crippen LogP contribution in [0.1, 0.15) is 30.1 Å². The van der Waals surface area contributed by atoms with Gasteiger partial charge < -0.3 is 4.74 Å². The second-order valence-corrected chi connectivity index (χ2v) is 4.42. The van der Waals surface area contributed by atoms with Crippen LogP contribution in [0.4, 0.5) is 0 Å². The Morgan fingerprint density at radius 2 is 2.27 bits per heavy atom. The van der Waals surface area contributed by atoms with Gasteiger partial charge in [-0.3, -0.25) is 4.79 Å². The van der Waals surface area contributed by atoms with E-state index in [1.165, 1.54) is 0 Å². The van der Waals surface area contributed by atoms with Crippen LogP contribution in [-0.4, -0.2) is 12.9 Å². The highest BCUT2D eigenvalue weighted by molar-refractivity contribution is 9.10. The summed E-state index contributed by atoms with van der Waals surface area (Å²) in [7, 11) is 0. The van der Waals surface area contributed by atoms with Gasteiger partial charge in [-0.05, 0) is 34.5 Å². The van der Waals surface area contributed by atoms with Gasteiger partial charge in [-0.25, -0.2) is 0 Å². The number of benzene rings is 1. The monoisotopic (exact) mass is 290 g/mol. The Hall–Kier alpha value is -0.540. The number of unbranched alkanes of at least 4 members (excludes halogenated alkanes) is 1. The van der Waals surface area contributed by atoms with Crippen molar-refractivity contribution in [3.63, 3.8) is 0 Å². The Kier molecular flexibility index (Phi) is 5.12. The number of hydrogen-bond donors (Lipinski definition) is 0. The molecule has 15 heavy (non-hydrogen) atoms. The van der Waals surface area contributed by atoms with E-state index in [-0.39, 0.29) is 0 Å². The minimum absolute atomic E-state index is 0.477. The third kappa shape index (κ3) is 3.50. The average Bonchev–Trinajstić information content (AvgIpc) is 2.20. The lowest BCUT2D eigenvalue weighted by Crippen LogP contribution is -2.00. The summed E-state index contributed by atoms with van der Waals surface area (Å²) in [5.74, 6) is 0.572. The number of halogens is 2. The maximum Gasteiger partial charge on any atom is 0.153 e. The van der Waals surface area contributed by atoms with Crippen LogP contribution in [0.15, 0.2) is 16.6 Å². The van der Waals surface area contributed by atoms with Crippen LogP contribution in [0, 0.1) is 0 Å². The third-order valence-corrected chi connectivity index (χ3v) is 2.72. The molecule has 1 rings (SSSR count). The van der Waals surface area contributed by atoms with Crippen molar-refractivity contribution in [1.29, 1.82) is 0 Å². The van der Waals surface area contributed by atoms with E-state index >= 15 is 0 Å². The summed E-state index contributed by atoms with van der Waals surface area (Å²) >= 11 is 9.14. The van der Waals surface area contributed by atoms with Gasteiger partial charge in [0, 0.05) is 5.02 Å². The summed E-state index contributed by atoms with van der Waals surface area (Å²) in [5, 5.41) is 0.520. The first-order valence-electron chi connectivity index (χ1n) is 4.76. The molecule has 0 aliphatic carbocycles. The average molecular weight is 292 g/mol. The van der Waals surface area contributed by atoms with Crippen LogP contribution < -0.4 is 4.74 Å². The van der Waals surface area contributed by atoms with Crippen LogP contribution >= 0.6 is 27.5 Å². The lowest BCUT2D eigenvalue weighted by Gasteiger charge is -2.10. The molecule has 1 aromatic rings. The molecule has 0 amide bonds. The molecule has 0 unspecified atom stereocenters. The molecule has 0 heterocycles. The van der Waals surface area contributed by atoms with Crippen molar-refractivity contribution in [3.05, 3.63) is 27.2 Å². The minimum Gasteiger partial charge on any atom is -0.492 e. The van der Waals surface area contributed by atoms with Crippen LogP contribution in [0.3, 0.4) is 0 Å². The first-order chi connectivity index (χ1) is 7.19. The normalized spacial score (nSPS) is 10.1. The Morgan fingerprint density at radius 1 is 1.53 bits per heavy atom. The van der Waals surface area contributed by atoms with E-state index in [1.54, 1.807) is 12.1 Å². The Bertz CT molecular complexity index is 353. The van der Waals surface area contributed by atoms with E-state index in [0.29, 0.717) is 27.4 Å². The molecule has 0 fully saturated rings. The molecule has 0 N–H and O–H groups in total. The van der Waals surface area contributed by atoms with Crippen molar-refractivity contribution < 1.29 is 9.53 Å². The van der Waals surface area contributed by atoms with Crippen molar-refractivity contribution in [2.24, 2.45) is 0 Å².